The van der Waals surface area contributed by atoms with E-state index in [-0.39, 0.29) is 12.1 Å². The van der Waals surface area contributed by atoms with Crippen LogP contribution in [-0.2, 0) is 4.79 Å². The first-order valence-corrected chi connectivity index (χ1v) is 6.42. The largest absolute Gasteiger partial charge is 0.322 e. The molecule has 90 valence electrons. The molecule has 1 heterocycles. The van der Waals surface area contributed by atoms with Crippen molar-refractivity contribution in [3.05, 3.63) is 35.9 Å². The average molecular weight is 230 g/mol. The lowest BCUT2D eigenvalue weighted by molar-refractivity contribution is -0.128. The second-order valence-corrected chi connectivity index (χ2v) is 5.01. The highest BCUT2D eigenvalue weighted by Crippen LogP contribution is 2.33. The fraction of sp³-hybridized carbons (Fsp3) is 0.500. The molecule has 1 saturated carbocycles. The summed E-state index contributed by atoms with van der Waals surface area (Å²) < 4.78 is 0. The van der Waals surface area contributed by atoms with Gasteiger partial charge in [0.05, 0.1) is 6.54 Å². The monoisotopic (exact) mass is 230 g/mol. The molecule has 0 radical (unpaired) electrons. The molecule has 3 rings (SSSR count). The van der Waals surface area contributed by atoms with Gasteiger partial charge in [0, 0.05) is 6.54 Å². The molecule has 1 atom stereocenters. The molecule has 3 heteroatoms. The van der Waals surface area contributed by atoms with Crippen LogP contribution < -0.4 is 5.32 Å². The van der Waals surface area contributed by atoms with Gasteiger partial charge in [0.25, 0.3) is 0 Å². The number of hydrogen-bond donors (Lipinski definition) is 1. The summed E-state index contributed by atoms with van der Waals surface area (Å²) in [5, 5.41) is 3.29. The van der Waals surface area contributed by atoms with Crippen molar-refractivity contribution in [2.75, 3.05) is 13.1 Å². The number of benzene rings is 1. The number of nitrogens with zero attached hydrogens (tertiary/aromatic N) is 1. The Morgan fingerprint density at radius 2 is 2.00 bits per heavy atom. The van der Waals surface area contributed by atoms with Crippen LogP contribution in [0.25, 0.3) is 0 Å². The summed E-state index contributed by atoms with van der Waals surface area (Å²) in [6, 6.07) is 10.2. The first-order valence-electron chi connectivity index (χ1n) is 6.42. The van der Waals surface area contributed by atoms with E-state index in [0.717, 1.165) is 18.9 Å². The van der Waals surface area contributed by atoms with Crippen LogP contribution in [0.4, 0.5) is 0 Å². The van der Waals surface area contributed by atoms with E-state index in [1.807, 2.05) is 23.1 Å². The molecular formula is C14H18N2O. The maximum atomic E-state index is 11.9. The van der Waals surface area contributed by atoms with E-state index in [1.54, 1.807) is 0 Å². The predicted molar refractivity (Wildman–Crippen MR) is 66.2 cm³/mol. The van der Waals surface area contributed by atoms with Gasteiger partial charge in [0.2, 0.25) is 5.91 Å². The van der Waals surface area contributed by atoms with Crippen molar-refractivity contribution in [3.8, 4) is 0 Å². The van der Waals surface area contributed by atoms with E-state index in [1.165, 1.54) is 18.4 Å². The van der Waals surface area contributed by atoms with Crippen LogP contribution in [0.1, 0.15) is 31.0 Å². The zero-order valence-electron chi connectivity index (χ0n) is 9.93. The molecule has 1 aliphatic carbocycles. The maximum Gasteiger partial charge on any atom is 0.238 e. The van der Waals surface area contributed by atoms with Crippen LogP contribution in [-0.4, -0.2) is 23.9 Å². The van der Waals surface area contributed by atoms with Crippen molar-refractivity contribution in [3.63, 3.8) is 0 Å². The van der Waals surface area contributed by atoms with Crippen LogP contribution in [0.15, 0.2) is 30.3 Å². The number of rotatable bonds is 4. The Bertz CT molecular complexity index is 400. The van der Waals surface area contributed by atoms with Gasteiger partial charge in [0.15, 0.2) is 0 Å². The Morgan fingerprint density at radius 3 is 2.71 bits per heavy atom. The van der Waals surface area contributed by atoms with Gasteiger partial charge in [-0.05, 0) is 17.9 Å². The second kappa shape index (κ2) is 4.49. The van der Waals surface area contributed by atoms with Crippen LogP contribution in [0.2, 0.25) is 0 Å². The van der Waals surface area contributed by atoms with E-state index in [2.05, 4.69) is 17.4 Å². The number of carbonyl (C=O) groups excluding carboxylic acids is 1. The lowest BCUT2D eigenvalue weighted by Gasteiger charge is -2.24. The molecule has 0 spiro atoms. The number of amides is 1. The topological polar surface area (TPSA) is 32.3 Å². The normalized spacial score (nSPS) is 24.4. The smallest absolute Gasteiger partial charge is 0.238 e. The third-order valence-electron chi connectivity index (χ3n) is 3.67. The Morgan fingerprint density at radius 1 is 1.24 bits per heavy atom. The maximum absolute atomic E-state index is 11.9. The molecule has 2 fully saturated rings. The number of hydrogen-bond acceptors (Lipinski definition) is 2. The van der Waals surface area contributed by atoms with Crippen molar-refractivity contribution in [2.24, 2.45) is 5.92 Å². The minimum atomic E-state index is 0.0856. The number of carbonyl (C=O) groups is 1. The van der Waals surface area contributed by atoms with E-state index in [0.29, 0.717) is 6.54 Å². The summed E-state index contributed by atoms with van der Waals surface area (Å²) >= 11 is 0. The number of nitrogens with one attached hydrogen (secondary N) is 1. The van der Waals surface area contributed by atoms with Gasteiger partial charge < -0.3 is 4.90 Å². The van der Waals surface area contributed by atoms with Crippen molar-refractivity contribution in [1.29, 1.82) is 0 Å². The quantitative estimate of drug-likeness (QED) is 0.857. The van der Waals surface area contributed by atoms with Crippen molar-refractivity contribution < 1.29 is 4.79 Å². The molecule has 1 aromatic carbocycles. The summed E-state index contributed by atoms with van der Waals surface area (Å²) in [6.07, 6.45) is 3.95. The van der Waals surface area contributed by atoms with E-state index in [9.17, 15) is 4.79 Å². The molecule has 17 heavy (non-hydrogen) atoms. The van der Waals surface area contributed by atoms with Crippen molar-refractivity contribution in [1.82, 2.24) is 10.2 Å². The summed E-state index contributed by atoms with van der Waals surface area (Å²) in [5.74, 6) is 1.11. The molecule has 0 aromatic heterocycles. The van der Waals surface area contributed by atoms with E-state index in [4.69, 9.17) is 0 Å². The highest BCUT2D eigenvalue weighted by Gasteiger charge is 2.32. The van der Waals surface area contributed by atoms with Crippen LogP contribution in [0.3, 0.4) is 0 Å². The third-order valence-corrected chi connectivity index (χ3v) is 3.67. The van der Waals surface area contributed by atoms with Gasteiger partial charge in [-0.15, -0.1) is 0 Å². The van der Waals surface area contributed by atoms with E-state index >= 15 is 0 Å². The molecule has 3 nitrogen and oxygen atoms in total. The first-order chi connectivity index (χ1) is 8.34. The van der Waals surface area contributed by atoms with Crippen LogP contribution in [0.5, 0.6) is 0 Å². The molecule has 1 amide bonds. The molecule has 0 bridgehead atoms. The predicted octanol–water partition coefficient (Wildman–Crippen LogP) is 1.92. The van der Waals surface area contributed by atoms with Gasteiger partial charge >= 0.3 is 0 Å². The SMILES string of the molecule is O=C1CNC(c2ccccc2)N1CCC1CC1. The molecule has 1 unspecified atom stereocenters. The first kappa shape index (κ1) is 10.8. The zero-order chi connectivity index (χ0) is 11.7. The minimum absolute atomic E-state index is 0.0856. The summed E-state index contributed by atoms with van der Waals surface area (Å²) in [6.45, 7) is 1.38. The Labute approximate surface area is 102 Å². The van der Waals surface area contributed by atoms with Crippen molar-refractivity contribution in [2.45, 2.75) is 25.4 Å². The Balaban J connectivity index is 1.71. The highest BCUT2D eigenvalue weighted by molar-refractivity contribution is 5.80. The molecule has 2 aliphatic rings. The fourth-order valence-electron chi connectivity index (χ4n) is 2.45. The van der Waals surface area contributed by atoms with Gasteiger partial charge in [-0.2, -0.15) is 0 Å². The summed E-state index contributed by atoms with van der Waals surface area (Å²) in [4.78, 5) is 13.8. The molecule has 1 N–H and O–H groups in total. The van der Waals surface area contributed by atoms with E-state index < -0.39 is 0 Å². The average Bonchev–Trinajstić information content (AvgIpc) is 3.12. The van der Waals surface area contributed by atoms with Crippen LogP contribution >= 0.6 is 0 Å². The van der Waals surface area contributed by atoms with Gasteiger partial charge in [-0.25, -0.2) is 0 Å². The van der Waals surface area contributed by atoms with Crippen molar-refractivity contribution >= 4 is 5.91 Å². The molecule has 1 aromatic rings. The lowest BCUT2D eigenvalue weighted by Crippen LogP contribution is -2.31. The van der Waals surface area contributed by atoms with Gasteiger partial charge in [-0.3, -0.25) is 10.1 Å². The summed E-state index contributed by atoms with van der Waals surface area (Å²) in [7, 11) is 0. The molecule has 1 aliphatic heterocycles. The summed E-state index contributed by atoms with van der Waals surface area (Å²) in [5.41, 5.74) is 1.19. The zero-order valence-corrected chi connectivity index (χ0v) is 9.93. The van der Waals surface area contributed by atoms with Gasteiger partial charge in [-0.1, -0.05) is 43.2 Å². The fourth-order valence-corrected chi connectivity index (χ4v) is 2.45. The Kier molecular flexibility index (Phi) is 2.85. The highest BCUT2D eigenvalue weighted by atomic mass is 16.2. The Hall–Kier alpha value is -1.35. The second-order valence-electron chi connectivity index (χ2n) is 5.01. The van der Waals surface area contributed by atoms with Crippen LogP contribution in [0, 0.1) is 5.92 Å². The molecule has 1 saturated heterocycles. The van der Waals surface area contributed by atoms with Gasteiger partial charge in [0.1, 0.15) is 6.17 Å². The minimum Gasteiger partial charge on any atom is -0.322 e. The molecular weight excluding hydrogens is 212 g/mol. The lowest BCUT2D eigenvalue weighted by atomic mass is 10.1. The standard InChI is InChI=1S/C14H18N2O/c17-13-10-15-14(12-4-2-1-3-5-12)16(13)9-8-11-6-7-11/h1-5,11,14-15H,6-10H2. The third kappa shape index (κ3) is 2.34.